The van der Waals surface area contributed by atoms with E-state index in [2.05, 4.69) is 10.5 Å². The molecule has 0 bridgehead atoms. The lowest BCUT2D eigenvalue weighted by Crippen LogP contribution is -2.41. The van der Waals surface area contributed by atoms with E-state index in [1.54, 1.807) is 0 Å². The number of nitrogens with zero attached hydrogens (tertiary/aromatic N) is 1. The molecule has 1 aliphatic heterocycles. The van der Waals surface area contributed by atoms with E-state index >= 15 is 0 Å². The van der Waals surface area contributed by atoms with Crippen LogP contribution in [0.25, 0.3) is 10.8 Å². The summed E-state index contributed by atoms with van der Waals surface area (Å²) in [5, 5.41) is 17.6. The van der Waals surface area contributed by atoms with E-state index < -0.39 is 0 Å². The fourth-order valence-electron chi connectivity index (χ4n) is 3.20. The third-order valence-electron chi connectivity index (χ3n) is 4.24. The Morgan fingerprint density at radius 3 is 2.43 bits per heavy atom. The monoisotopic (exact) mass is 302 g/mol. The van der Waals surface area contributed by atoms with Crippen LogP contribution in [0.3, 0.4) is 0 Å². The minimum atomic E-state index is -0.371. The maximum Gasteiger partial charge on any atom is 0.274 e. The van der Waals surface area contributed by atoms with Gasteiger partial charge in [0.1, 0.15) is 0 Å². The van der Waals surface area contributed by atoms with Gasteiger partial charge < -0.3 is 10.5 Å². The van der Waals surface area contributed by atoms with Crippen LogP contribution in [0.4, 0.5) is 0 Å². The van der Waals surface area contributed by atoms with Crippen molar-refractivity contribution in [3.8, 4) is 0 Å². The van der Waals surface area contributed by atoms with E-state index in [0.717, 1.165) is 21.9 Å². The Labute approximate surface area is 133 Å². The first-order valence-corrected chi connectivity index (χ1v) is 7.39. The number of nitrogens with one attached hydrogen (secondary N) is 1. The van der Waals surface area contributed by atoms with Gasteiger partial charge in [-0.15, -0.1) is 0 Å². The van der Waals surface area contributed by atoms with Crippen molar-refractivity contribution in [3.05, 3.63) is 83.4 Å². The molecule has 0 saturated heterocycles. The number of hydrogen-bond acceptors (Lipinski definition) is 3. The van der Waals surface area contributed by atoms with Crippen LogP contribution >= 0.6 is 0 Å². The zero-order chi connectivity index (χ0) is 15.8. The molecule has 1 heterocycles. The van der Waals surface area contributed by atoms with Crippen molar-refractivity contribution in [3.63, 3.8) is 0 Å². The number of hydrogen-bond donors (Lipinski definition) is 2. The molecule has 0 saturated carbocycles. The topological polar surface area (TPSA) is 61.7 Å². The second-order valence-electron chi connectivity index (χ2n) is 5.51. The van der Waals surface area contributed by atoms with Crippen LogP contribution in [0.5, 0.6) is 0 Å². The third-order valence-corrected chi connectivity index (χ3v) is 4.24. The van der Waals surface area contributed by atoms with Gasteiger partial charge in [0.2, 0.25) is 0 Å². The van der Waals surface area contributed by atoms with Gasteiger partial charge in [0.25, 0.3) is 5.91 Å². The van der Waals surface area contributed by atoms with E-state index in [4.69, 9.17) is 0 Å². The second kappa shape index (κ2) is 5.25. The summed E-state index contributed by atoms with van der Waals surface area (Å²) in [6.07, 6.45) is 0. The van der Waals surface area contributed by atoms with Crippen molar-refractivity contribution in [2.45, 2.75) is 6.04 Å². The molecule has 0 aliphatic carbocycles. The van der Waals surface area contributed by atoms with E-state index in [9.17, 15) is 10.0 Å². The molecule has 1 unspecified atom stereocenters. The van der Waals surface area contributed by atoms with Gasteiger partial charge in [-0.2, -0.15) is 0 Å². The summed E-state index contributed by atoms with van der Waals surface area (Å²) < 4.78 is 0. The van der Waals surface area contributed by atoms with Crippen molar-refractivity contribution >= 4 is 22.4 Å². The fraction of sp³-hybridized carbons (Fsp3) is 0.0526. The normalized spacial score (nSPS) is 18.7. The molecule has 112 valence electrons. The summed E-state index contributed by atoms with van der Waals surface area (Å²) in [5.41, 5.74) is 2.68. The van der Waals surface area contributed by atoms with Crippen LogP contribution in [-0.2, 0) is 4.79 Å². The van der Waals surface area contributed by atoms with Crippen LogP contribution in [0.1, 0.15) is 22.7 Å². The van der Waals surface area contributed by atoms with Gasteiger partial charge >= 0.3 is 0 Å². The Bertz CT molecular complexity index is 933. The molecule has 0 fully saturated rings. The summed E-state index contributed by atoms with van der Waals surface area (Å²) in [6, 6.07) is 21.3. The molecule has 0 spiro atoms. The number of fused-ring (bicyclic) bond motifs is 3. The van der Waals surface area contributed by atoms with Gasteiger partial charge in [0.15, 0.2) is 5.71 Å². The first-order chi connectivity index (χ1) is 11.3. The molecule has 2 N–H and O–H groups in total. The van der Waals surface area contributed by atoms with Gasteiger partial charge in [-0.1, -0.05) is 71.9 Å². The van der Waals surface area contributed by atoms with Crippen molar-refractivity contribution in [1.82, 2.24) is 5.32 Å². The molecule has 23 heavy (non-hydrogen) atoms. The zero-order valence-electron chi connectivity index (χ0n) is 12.2. The van der Waals surface area contributed by atoms with Gasteiger partial charge in [0.05, 0.1) is 6.04 Å². The van der Waals surface area contributed by atoms with Gasteiger partial charge in [-0.3, -0.25) is 4.79 Å². The molecule has 4 nitrogen and oxygen atoms in total. The van der Waals surface area contributed by atoms with E-state index in [-0.39, 0.29) is 17.7 Å². The highest BCUT2D eigenvalue weighted by atomic mass is 16.4. The highest BCUT2D eigenvalue weighted by Crippen LogP contribution is 2.35. The van der Waals surface area contributed by atoms with Gasteiger partial charge in [-0.05, 0) is 21.9 Å². The van der Waals surface area contributed by atoms with Crippen molar-refractivity contribution < 1.29 is 10.0 Å². The molecule has 0 radical (unpaired) electrons. The number of benzene rings is 3. The number of carbonyl (C=O) groups is 1. The third kappa shape index (κ3) is 2.07. The lowest BCUT2D eigenvalue weighted by atomic mass is 9.85. The first-order valence-electron chi connectivity index (χ1n) is 7.39. The van der Waals surface area contributed by atoms with Crippen molar-refractivity contribution in [2.24, 2.45) is 5.16 Å². The highest BCUT2D eigenvalue weighted by Gasteiger charge is 2.32. The molecule has 3 aromatic rings. The number of oxime groups is 1. The average molecular weight is 302 g/mol. The van der Waals surface area contributed by atoms with E-state index in [0.29, 0.717) is 5.56 Å². The molecule has 1 aliphatic rings. The molecular formula is C19H14N2O2. The maximum atomic E-state index is 12.3. The predicted octanol–water partition coefficient (Wildman–Crippen LogP) is 3.24. The molecule has 0 aromatic heterocycles. The van der Waals surface area contributed by atoms with Crippen molar-refractivity contribution in [2.75, 3.05) is 0 Å². The number of rotatable bonds is 1. The minimum absolute atomic E-state index is 0.0536. The average Bonchev–Trinajstić information content (AvgIpc) is 2.61. The quantitative estimate of drug-likeness (QED) is 0.535. The number of carbonyl (C=O) groups excluding carboxylic acids is 1. The summed E-state index contributed by atoms with van der Waals surface area (Å²) in [5.74, 6) is -0.371. The van der Waals surface area contributed by atoms with Gasteiger partial charge in [0, 0.05) is 5.56 Å². The molecule has 1 amide bonds. The summed E-state index contributed by atoms with van der Waals surface area (Å²) in [7, 11) is 0. The summed E-state index contributed by atoms with van der Waals surface area (Å²) >= 11 is 0. The minimum Gasteiger partial charge on any atom is -0.410 e. The lowest BCUT2D eigenvalue weighted by molar-refractivity contribution is -0.115. The van der Waals surface area contributed by atoms with Crippen LogP contribution in [-0.4, -0.2) is 16.8 Å². The second-order valence-corrected chi connectivity index (χ2v) is 5.51. The SMILES string of the molecule is O=C1NC(c2ccccc2)c2c(ccc3ccccc23)C1=NO. The van der Waals surface area contributed by atoms with Crippen LogP contribution in [0.2, 0.25) is 0 Å². The number of amides is 1. The van der Waals surface area contributed by atoms with Crippen LogP contribution < -0.4 is 5.32 Å². The standard InChI is InChI=1S/C19H14N2O2/c22-19-18(21-23)15-11-10-12-6-4-5-9-14(12)16(15)17(20-19)13-7-2-1-3-8-13/h1-11,17,23H,(H,20,22). The Morgan fingerprint density at radius 2 is 1.65 bits per heavy atom. The molecule has 1 atom stereocenters. The lowest BCUT2D eigenvalue weighted by Gasteiger charge is -2.28. The Balaban J connectivity index is 2.06. The Kier molecular flexibility index (Phi) is 3.08. The van der Waals surface area contributed by atoms with E-state index in [1.807, 2.05) is 66.7 Å². The molecule has 4 heteroatoms. The predicted molar refractivity (Wildman–Crippen MR) is 88.7 cm³/mol. The molecular weight excluding hydrogens is 288 g/mol. The van der Waals surface area contributed by atoms with E-state index in [1.165, 1.54) is 0 Å². The van der Waals surface area contributed by atoms with Gasteiger partial charge in [-0.25, -0.2) is 0 Å². The maximum absolute atomic E-state index is 12.3. The smallest absolute Gasteiger partial charge is 0.274 e. The zero-order valence-corrected chi connectivity index (χ0v) is 12.2. The Morgan fingerprint density at radius 1 is 0.913 bits per heavy atom. The first kappa shape index (κ1) is 13.5. The van der Waals surface area contributed by atoms with Crippen LogP contribution in [0.15, 0.2) is 71.9 Å². The molecule has 4 rings (SSSR count). The summed E-state index contributed by atoms with van der Waals surface area (Å²) in [4.78, 5) is 12.3. The van der Waals surface area contributed by atoms with Crippen LogP contribution in [0, 0.1) is 0 Å². The Hall–Kier alpha value is -3.14. The summed E-state index contributed by atoms with van der Waals surface area (Å²) in [6.45, 7) is 0. The largest absolute Gasteiger partial charge is 0.410 e. The molecule has 3 aromatic carbocycles. The fourth-order valence-corrected chi connectivity index (χ4v) is 3.20. The van der Waals surface area contributed by atoms with Crippen molar-refractivity contribution in [1.29, 1.82) is 0 Å². The highest BCUT2D eigenvalue weighted by molar-refractivity contribution is 6.47.